The highest BCUT2D eigenvalue weighted by Crippen LogP contribution is 1.88. The highest BCUT2D eigenvalue weighted by molar-refractivity contribution is 5.72. The molecule has 0 aliphatic carbocycles. The monoisotopic (exact) mass is 153 g/mol. The van der Waals surface area contributed by atoms with Crippen molar-refractivity contribution in [3.63, 3.8) is 0 Å². The van der Waals surface area contributed by atoms with Crippen LogP contribution >= 0.6 is 0 Å². The van der Waals surface area contributed by atoms with Gasteiger partial charge < -0.3 is 4.74 Å². The smallest absolute Gasteiger partial charge is 0.294 e. The molecule has 0 saturated carbocycles. The van der Waals surface area contributed by atoms with E-state index in [4.69, 9.17) is 10.1 Å². The Kier molecular flexibility index (Phi) is 2.66. The summed E-state index contributed by atoms with van der Waals surface area (Å²) in [7, 11) is 0. The summed E-state index contributed by atoms with van der Waals surface area (Å²) in [5.74, 6) is 0. The molecule has 0 radical (unpaired) electrons. The molecular weight excluding hydrogens is 142 g/mol. The summed E-state index contributed by atoms with van der Waals surface area (Å²) >= 11 is 0. The number of aromatic nitrogens is 2. The lowest BCUT2D eigenvalue weighted by Gasteiger charge is -2.04. The van der Waals surface area contributed by atoms with Crippen LogP contribution in [0.3, 0.4) is 0 Å². The first-order chi connectivity index (χ1) is 5.34. The molecule has 0 unspecified atom stereocenters. The Morgan fingerprint density at radius 2 is 2.55 bits per heavy atom. The molecule has 1 aromatic rings. The van der Waals surface area contributed by atoms with Crippen LogP contribution in [-0.4, -0.2) is 22.2 Å². The van der Waals surface area contributed by atoms with E-state index < -0.39 is 0 Å². The Labute approximate surface area is 65.3 Å². The van der Waals surface area contributed by atoms with Gasteiger partial charge in [0.05, 0.1) is 6.61 Å². The van der Waals surface area contributed by atoms with E-state index in [0.717, 1.165) is 6.42 Å². The van der Waals surface area contributed by atoms with Crippen LogP contribution in [-0.2, 0) is 4.74 Å². The van der Waals surface area contributed by atoms with E-state index in [-0.39, 0.29) is 6.02 Å². The van der Waals surface area contributed by atoms with Gasteiger partial charge in [-0.05, 0) is 6.42 Å². The van der Waals surface area contributed by atoms with Crippen LogP contribution in [0.4, 0.5) is 0 Å². The first-order valence-electron chi connectivity index (χ1n) is 3.54. The van der Waals surface area contributed by atoms with Gasteiger partial charge in [-0.1, -0.05) is 6.92 Å². The van der Waals surface area contributed by atoms with E-state index in [0.29, 0.717) is 6.61 Å². The summed E-state index contributed by atoms with van der Waals surface area (Å²) in [4.78, 5) is 3.79. The second kappa shape index (κ2) is 3.75. The normalized spacial score (nSPS) is 9.55. The fourth-order valence-electron chi connectivity index (χ4n) is 0.653. The van der Waals surface area contributed by atoms with Gasteiger partial charge in [-0.25, -0.2) is 4.98 Å². The zero-order valence-corrected chi connectivity index (χ0v) is 6.45. The third kappa shape index (κ3) is 2.07. The van der Waals surface area contributed by atoms with E-state index in [1.54, 1.807) is 12.4 Å². The average molecular weight is 153 g/mol. The van der Waals surface area contributed by atoms with E-state index in [1.807, 2.05) is 6.92 Å². The van der Waals surface area contributed by atoms with Crippen LogP contribution in [0, 0.1) is 5.41 Å². The molecule has 11 heavy (non-hydrogen) atoms. The predicted octanol–water partition coefficient (Wildman–Crippen LogP) is 1.09. The first-order valence-corrected chi connectivity index (χ1v) is 3.54. The highest BCUT2D eigenvalue weighted by Gasteiger charge is 1.97. The maximum Gasteiger partial charge on any atom is 0.294 e. The van der Waals surface area contributed by atoms with Crippen LogP contribution in [0.2, 0.25) is 0 Å². The fourth-order valence-corrected chi connectivity index (χ4v) is 0.653. The van der Waals surface area contributed by atoms with Crippen molar-refractivity contribution in [1.82, 2.24) is 9.55 Å². The minimum atomic E-state index is 0.129. The zero-order valence-electron chi connectivity index (χ0n) is 6.45. The maximum atomic E-state index is 7.35. The molecule has 0 aliphatic rings. The average Bonchev–Trinajstić information content (AvgIpc) is 2.52. The largest absolute Gasteiger partial charge is 0.465 e. The molecule has 1 rings (SSSR count). The standard InChI is InChI=1S/C7H11N3O/c1-2-5-11-7(8)10-4-3-9-6-10/h3-4,6,8H,2,5H2,1H3. The van der Waals surface area contributed by atoms with Gasteiger partial charge >= 0.3 is 0 Å². The van der Waals surface area contributed by atoms with Gasteiger partial charge in [0.2, 0.25) is 0 Å². The van der Waals surface area contributed by atoms with Crippen LogP contribution < -0.4 is 0 Å². The number of rotatable bonds is 2. The number of imidazole rings is 1. The molecule has 4 heteroatoms. The minimum Gasteiger partial charge on any atom is -0.465 e. The molecule has 0 amide bonds. The Balaban J connectivity index is 2.43. The highest BCUT2D eigenvalue weighted by atomic mass is 16.5. The summed E-state index contributed by atoms with van der Waals surface area (Å²) in [5, 5.41) is 7.35. The minimum absolute atomic E-state index is 0.129. The Morgan fingerprint density at radius 1 is 1.73 bits per heavy atom. The quantitative estimate of drug-likeness (QED) is 0.510. The summed E-state index contributed by atoms with van der Waals surface area (Å²) in [5.41, 5.74) is 0. The summed E-state index contributed by atoms with van der Waals surface area (Å²) in [6.45, 7) is 2.58. The van der Waals surface area contributed by atoms with Gasteiger partial charge in [-0.3, -0.25) is 9.98 Å². The Morgan fingerprint density at radius 3 is 3.09 bits per heavy atom. The zero-order chi connectivity index (χ0) is 8.10. The topological polar surface area (TPSA) is 50.9 Å². The molecule has 0 aliphatic heterocycles. The third-order valence-electron chi connectivity index (χ3n) is 1.18. The van der Waals surface area contributed by atoms with E-state index >= 15 is 0 Å². The summed E-state index contributed by atoms with van der Waals surface area (Å²) in [6.07, 6.45) is 5.75. The molecule has 1 N–H and O–H groups in total. The van der Waals surface area contributed by atoms with Gasteiger partial charge in [-0.2, -0.15) is 0 Å². The molecule has 4 nitrogen and oxygen atoms in total. The van der Waals surface area contributed by atoms with Crippen molar-refractivity contribution in [3.05, 3.63) is 18.7 Å². The van der Waals surface area contributed by atoms with Crippen LogP contribution in [0.5, 0.6) is 0 Å². The van der Waals surface area contributed by atoms with E-state index in [2.05, 4.69) is 4.98 Å². The number of hydrogen-bond donors (Lipinski definition) is 1. The lowest BCUT2D eigenvalue weighted by molar-refractivity contribution is 0.288. The van der Waals surface area contributed by atoms with Gasteiger partial charge in [0.1, 0.15) is 6.33 Å². The van der Waals surface area contributed by atoms with Gasteiger partial charge in [0, 0.05) is 12.4 Å². The molecule has 1 heterocycles. The lowest BCUT2D eigenvalue weighted by Crippen LogP contribution is -2.12. The van der Waals surface area contributed by atoms with Crippen LogP contribution in [0.15, 0.2) is 18.7 Å². The summed E-state index contributed by atoms with van der Waals surface area (Å²) in [6, 6.07) is 0.129. The molecule has 60 valence electrons. The SMILES string of the molecule is CCCOC(=N)n1ccnc1. The Hall–Kier alpha value is -1.32. The van der Waals surface area contributed by atoms with Gasteiger partial charge in [-0.15, -0.1) is 0 Å². The van der Waals surface area contributed by atoms with Crippen molar-refractivity contribution >= 4 is 6.02 Å². The van der Waals surface area contributed by atoms with Gasteiger partial charge in [0.15, 0.2) is 0 Å². The van der Waals surface area contributed by atoms with Crippen molar-refractivity contribution in [2.45, 2.75) is 13.3 Å². The third-order valence-corrected chi connectivity index (χ3v) is 1.18. The van der Waals surface area contributed by atoms with Crippen molar-refractivity contribution in [2.75, 3.05) is 6.61 Å². The maximum absolute atomic E-state index is 7.35. The van der Waals surface area contributed by atoms with Crippen LogP contribution in [0.1, 0.15) is 13.3 Å². The molecule has 0 atom stereocenters. The number of nitrogens with zero attached hydrogens (tertiary/aromatic N) is 2. The molecule has 0 fully saturated rings. The van der Waals surface area contributed by atoms with Crippen LogP contribution in [0.25, 0.3) is 0 Å². The Bertz CT molecular complexity index is 218. The molecule has 0 aromatic carbocycles. The molecule has 0 saturated heterocycles. The summed E-state index contributed by atoms with van der Waals surface area (Å²) < 4.78 is 6.57. The van der Waals surface area contributed by atoms with Crippen molar-refractivity contribution < 1.29 is 4.74 Å². The predicted molar refractivity (Wildman–Crippen MR) is 41.6 cm³/mol. The number of hydrogen-bond acceptors (Lipinski definition) is 3. The van der Waals surface area contributed by atoms with E-state index in [9.17, 15) is 0 Å². The van der Waals surface area contributed by atoms with Crippen molar-refractivity contribution in [3.8, 4) is 0 Å². The van der Waals surface area contributed by atoms with Gasteiger partial charge in [0.25, 0.3) is 6.02 Å². The van der Waals surface area contributed by atoms with E-state index in [1.165, 1.54) is 10.9 Å². The second-order valence-electron chi connectivity index (χ2n) is 2.12. The number of ether oxygens (including phenoxy) is 1. The lowest BCUT2D eigenvalue weighted by atomic mass is 10.5. The first kappa shape index (κ1) is 7.78. The molecule has 0 bridgehead atoms. The van der Waals surface area contributed by atoms with Crippen molar-refractivity contribution in [1.29, 1.82) is 5.41 Å². The molecule has 1 aromatic heterocycles. The fraction of sp³-hybridized carbons (Fsp3) is 0.429. The molecular formula is C7H11N3O. The number of nitrogens with one attached hydrogen (secondary N) is 1. The second-order valence-corrected chi connectivity index (χ2v) is 2.12. The molecule has 0 spiro atoms. The van der Waals surface area contributed by atoms with Crippen molar-refractivity contribution in [2.24, 2.45) is 0 Å².